The molecule has 1 N–H and O–H groups in total. The van der Waals surface area contributed by atoms with Gasteiger partial charge in [-0.3, -0.25) is 9.59 Å². The molecule has 0 saturated carbocycles. The van der Waals surface area contributed by atoms with Gasteiger partial charge in [-0.1, -0.05) is 32.9 Å². The SMILES string of the molecule is COC(=O)CCC(=O)NC1CCCc2c1cnn2-c1ccc(C(C)(C)C)cc1. The van der Waals surface area contributed by atoms with Crippen LogP contribution in [0.1, 0.15) is 69.3 Å². The van der Waals surface area contributed by atoms with Crippen molar-refractivity contribution in [2.75, 3.05) is 7.11 Å². The van der Waals surface area contributed by atoms with Crippen LogP contribution >= 0.6 is 0 Å². The molecule has 1 unspecified atom stereocenters. The number of esters is 1. The molecule has 1 aliphatic rings. The Morgan fingerprint density at radius 3 is 2.57 bits per heavy atom. The van der Waals surface area contributed by atoms with E-state index in [2.05, 4.69) is 60.2 Å². The van der Waals surface area contributed by atoms with Gasteiger partial charge in [-0.2, -0.15) is 5.10 Å². The summed E-state index contributed by atoms with van der Waals surface area (Å²) < 4.78 is 6.58. The first-order valence-electron chi connectivity index (χ1n) is 9.83. The number of benzene rings is 1. The molecule has 1 aromatic carbocycles. The van der Waals surface area contributed by atoms with E-state index in [1.54, 1.807) is 0 Å². The van der Waals surface area contributed by atoms with E-state index >= 15 is 0 Å². The minimum absolute atomic E-state index is 0.0588. The second kappa shape index (κ2) is 8.17. The number of hydrogen-bond acceptors (Lipinski definition) is 4. The van der Waals surface area contributed by atoms with Gasteiger partial charge < -0.3 is 10.1 Å². The molecule has 0 bridgehead atoms. The number of nitrogens with one attached hydrogen (secondary N) is 1. The third-order valence-corrected chi connectivity index (χ3v) is 5.28. The summed E-state index contributed by atoms with van der Waals surface area (Å²) in [7, 11) is 1.33. The highest BCUT2D eigenvalue weighted by molar-refractivity contribution is 5.81. The Labute approximate surface area is 166 Å². The van der Waals surface area contributed by atoms with E-state index in [1.807, 2.05) is 10.9 Å². The maximum atomic E-state index is 12.2. The molecule has 3 rings (SSSR count). The van der Waals surface area contributed by atoms with Crippen LogP contribution < -0.4 is 5.32 Å². The monoisotopic (exact) mass is 383 g/mol. The molecule has 28 heavy (non-hydrogen) atoms. The molecule has 6 heteroatoms. The van der Waals surface area contributed by atoms with E-state index in [9.17, 15) is 9.59 Å². The predicted molar refractivity (Wildman–Crippen MR) is 107 cm³/mol. The van der Waals surface area contributed by atoms with Crippen LogP contribution in [0.2, 0.25) is 0 Å². The normalized spacial score (nSPS) is 16.4. The molecule has 0 radical (unpaired) electrons. The highest BCUT2D eigenvalue weighted by Crippen LogP contribution is 2.31. The molecule has 0 saturated heterocycles. The first kappa shape index (κ1) is 20.1. The first-order valence-corrected chi connectivity index (χ1v) is 9.83. The van der Waals surface area contributed by atoms with Crippen molar-refractivity contribution >= 4 is 11.9 Å². The van der Waals surface area contributed by atoms with E-state index < -0.39 is 0 Å². The molecule has 1 heterocycles. The fourth-order valence-corrected chi connectivity index (χ4v) is 3.62. The third kappa shape index (κ3) is 4.43. The van der Waals surface area contributed by atoms with E-state index in [1.165, 1.54) is 12.7 Å². The summed E-state index contributed by atoms with van der Waals surface area (Å²) in [6.07, 6.45) is 4.90. The fourth-order valence-electron chi connectivity index (χ4n) is 3.62. The Morgan fingerprint density at radius 2 is 1.93 bits per heavy atom. The van der Waals surface area contributed by atoms with Crippen LogP contribution in [0.25, 0.3) is 5.69 Å². The fraction of sp³-hybridized carbons (Fsp3) is 0.500. The maximum Gasteiger partial charge on any atom is 0.306 e. The van der Waals surface area contributed by atoms with Crippen LogP contribution in [-0.2, 0) is 26.2 Å². The van der Waals surface area contributed by atoms with E-state index in [0.717, 1.165) is 36.2 Å². The van der Waals surface area contributed by atoms with Gasteiger partial charge in [0.05, 0.1) is 31.5 Å². The summed E-state index contributed by atoms with van der Waals surface area (Å²) in [6.45, 7) is 6.60. The van der Waals surface area contributed by atoms with E-state index in [-0.39, 0.29) is 36.2 Å². The van der Waals surface area contributed by atoms with Crippen molar-refractivity contribution in [3.8, 4) is 5.69 Å². The van der Waals surface area contributed by atoms with Crippen LogP contribution in [0, 0.1) is 0 Å². The van der Waals surface area contributed by atoms with Crippen LogP contribution in [0.4, 0.5) is 0 Å². The standard InChI is InChI=1S/C22H29N3O3/c1-22(2,3)15-8-10-16(11-9-15)25-19-7-5-6-18(17(19)14-23-25)24-20(26)12-13-21(27)28-4/h8-11,14,18H,5-7,12-13H2,1-4H3,(H,24,26). The van der Waals surface area contributed by atoms with Gasteiger partial charge in [0, 0.05) is 17.7 Å². The molecule has 6 nitrogen and oxygen atoms in total. The molecule has 150 valence electrons. The average Bonchev–Trinajstić information content (AvgIpc) is 3.10. The highest BCUT2D eigenvalue weighted by atomic mass is 16.5. The van der Waals surface area contributed by atoms with E-state index in [0.29, 0.717) is 0 Å². The molecule has 1 atom stereocenters. The third-order valence-electron chi connectivity index (χ3n) is 5.28. The van der Waals surface area contributed by atoms with Crippen LogP contribution in [0.3, 0.4) is 0 Å². The lowest BCUT2D eigenvalue weighted by Crippen LogP contribution is -2.31. The highest BCUT2D eigenvalue weighted by Gasteiger charge is 2.26. The molecule has 0 aliphatic heterocycles. The number of rotatable bonds is 5. The Balaban J connectivity index is 1.75. The van der Waals surface area contributed by atoms with Gasteiger partial charge in [-0.25, -0.2) is 4.68 Å². The Kier molecular flexibility index (Phi) is 5.87. The second-order valence-electron chi connectivity index (χ2n) is 8.34. The Bertz CT molecular complexity index is 847. The van der Waals surface area contributed by atoms with Crippen molar-refractivity contribution in [3.63, 3.8) is 0 Å². The van der Waals surface area contributed by atoms with Crippen LogP contribution in [0.15, 0.2) is 30.5 Å². The smallest absolute Gasteiger partial charge is 0.306 e. The average molecular weight is 383 g/mol. The summed E-state index contributed by atoms with van der Waals surface area (Å²) >= 11 is 0. The van der Waals surface area contributed by atoms with Gasteiger partial charge in [-0.05, 0) is 42.4 Å². The van der Waals surface area contributed by atoms with Gasteiger partial charge in [0.1, 0.15) is 0 Å². The lowest BCUT2D eigenvalue weighted by Gasteiger charge is -2.24. The predicted octanol–water partition coefficient (Wildman–Crippen LogP) is 3.62. The maximum absolute atomic E-state index is 12.2. The van der Waals surface area contributed by atoms with Crippen molar-refractivity contribution < 1.29 is 14.3 Å². The minimum Gasteiger partial charge on any atom is -0.469 e. The van der Waals surface area contributed by atoms with Crippen molar-refractivity contribution in [2.24, 2.45) is 0 Å². The second-order valence-corrected chi connectivity index (χ2v) is 8.34. The van der Waals surface area contributed by atoms with Gasteiger partial charge >= 0.3 is 5.97 Å². The number of aromatic nitrogens is 2. The van der Waals surface area contributed by atoms with Crippen molar-refractivity contribution in [3.05, 3.63) is 47.3 Å². The summed E-state index contributed by atoms with van der Waals surface area (Å²) in [5, 5.41) is 7.64. The molecule has 2 aromatic rings. The van der Waals surface area contributed by atoms with Crippen molar-refractivity contribution in [1.82, 2.24) is 15.1 Å². The van der Waals surface area contributed by atoms with Crippen molar-refractivity contribution in [1.29, 1.82) is 0 Å². The first-order chi connectivity index (χ1) is 13.3. The number of hydrogen-bond donors (Lipinski definition) is 1. The molecule has 0 spiro atoms. The summed E-state index contributed by atoms with van der Waals surface area (Å²) in [5.41, 5.74) is 4.65. The molecule has 1 aromatic heterocycles. The minimum atomic E-state index is -0.369. The number of methoxy groups -OCH3 is 1. The molecule has 0 fully saturated rings. The Morgan fingerprint density at radius 1 is 1.21 bits per heavy atom. The number of amides is 1. The number of carbonyl (C=O) groups is 2. The summed E-state index contributed by atoms with van der Waals surface area (Å²) in [5.74, 6) is -0.503. The van der Waals surface area contributed by atoms with Gasteiger partial charge in [-0.15, -0.1) is 0 Å². The number of nitrogens with zero attached hydrogens (tertiary/aromatic N) is 2. The van der Waals surface area contributed by atoms with Gasteiger partial charge in [0.2, 0.25) is 5.91 Å². The zero-order valence-corrected chi connectivity index (χ0v) is 17.1. The molecular formula is C22H29N3O3. The topological polar surface area (TPSA) is 73.2 Å². The molecule has 1 aliphatic carbocycles. The summed E-state index contributed by atoms with van der Waals surface area (Å²) in [6, 6.07) is 8.45. The summed E-state index contributed by atoms with van der Waals surface area (Å²) in [4.78, 5) is 23.4. The molecular weight excluding hydrogens is 354 g/mol. The quantitative estimate of drug-likeness (QED) is 0.801. The number of fused-ring (bicyclic) bond motifs is 1. The van der Waals surface area contributed by atoms with Crippen LogP contribution in [0.5, 0.6) is 0 Å². The lowest BCUT2D eigenvalue weighted by molar-refractivity contribution is -0.142. The molecule has 1 amide bonds. The van der Waals surface area contributed by atoms with Gasteiger partial charge in [0.25, 0.3) is 0 Å². The lowest BCUT2D eigenvalue weighted by atomic mass is 9.87. The van der Waals surface area contributed by atoms with Crippen LogP contribution in [-0.4, -0.2) is 28.8 Å². The number of ether oxygens (including phenoxy) is 1. The zero-order chi connectivity index (χ0) is 20.3. The van der Waals surface area contributed by atoms with E-state index in [4.69, 9.17) is 0 Å². The van der Waals surface area contributed by atoms with Crippen molar-refractivity contribution in [2.45, 2.75) is 64.3 Å². The Hall–Kier alpha value is -2.63. The zero-order valence-electron chi connectivity index (χ0n) is 17.1. The largest absolute Gasteiger partial charge is 0.469 e. The van der Waals surface area contributed by atoms with Gasteiger partial charge in [0.15, 0.2) is 0 Å². The number of carbonyl (C=O) groups excluding carboxylic acids is 2.